The van der Waals surface area contributed by atoms with Crippen molar-refractivity contribution in [3.8, 4) is 5.75 Å². The Kier molecular flexibility index (Phi) is 7.45. The van der Waals surface area contributed by atoms with Gasteiger partial charge < -0.3 is 10.0 Å². The van der Waals surface area contributed by atoms with Gasteiger partial charge in [-0.05, 0) is 68.1 Å². The fourth-order valence-corrected chi connectivity index (χ4v) is 6.87. The molecule has 1 amide bonds. The predicted molar refractivity (Wildman–Crippen MR) is 126 cm³/mol. The molecule has 3 aliphatic rings. The number of hydrogen-bond acceptors (Lipinski definition) is 5. The Bertz CT molecular complexity index is 883. The van der Waals surface area contributed by atoms with Crippen LogP contribution in [0.3, 0.4) is 0 Å². The molecule has 32 heavy (non-hydrogen) atoms. The molecule has 3 fully saturated rings. The van der Waals surface area contributed by atoms with E-state index in [1.807, 2.05) is 17.0 Å². The van der Waals surface area contributed by atoms with Crippen LogP contribution in [0.25, 0.3) is 0 Å². The highest BCUT2D eigenvalue weighted by atomic mass is 32.2. The number of hydrogen-bond donors (Lipinski definition) is 1. The fourth-order valence-electron chi connectivity index (χ4n) is 6.24. The van der Waals surface area contributed by atoms with E-state index in [0.29, 0.717) is 42.8 Å². The van der Waals surface area contributed by atoms with Crippen LogP contribution in [0.1, 0.15) is 69.3 Å². The van der Waals surface area contributed by atoms with E-state index in [9.17, 15) is 18.3 Å². The smallest absolute Gasteiger partial charge is 0.237 e. The van der Waals surface area contributed by atoms with Crippen LogP contribution < -0.4 is 0 Å². The van der Waals surface area contributed by atoms with Crippen LogP contribution in [0.2, 0.25) is 0 Å². The quantitative estimate of drug-likeness (QED) is 0.639. The normalized spacial score (nSPS) is 26.8. The zero-order valence-corrected chi connectivity index (χ0v) is 20.1. The molecular weight excluding hydrogens is 424 g/mol. The first kappa shape index (κ1) is 23.6. The van der Waals surface area contributed by atoms with Crippen molar-refractivity contribution in [2.45, 2.75) is 75.8 Å². The average molecular weight is 463 g/mol. The SMILES string of the molecule is CS(=O)(=O)CC(=O)N(CCN1[C@@H]2CC[C@H]1C[C@@H](c1cccc(O)c1)C2)CC1CCCCC1. The van der Waals surface area contributed by atoms with Crippen LogP contribution in [0, 0.1) is 5.92 Å². The van der Waals surface area contributed by atoms with Crippen LogP contribution >= 0.6 is 0 Å². The van der Waals surface area contributed by atoms with Gasteiger partial charge in [0.15, 0.2) is 9.84 Å². The van der Waals surface area contributed by atoms with Crippen LogP contribution in [-0.2, 0) is 14.6 Å². The van der Waals surface area contributed by atoms with Crippen molar-refractivity contribution < 1.29 is 18.3 Å². The molecule has 1 aliphatic carbocycles. The summed E-state index contributed by atoms with van der Waals surface area (Å²) in [6.45, 7) is 2.14. The lowest BCUT2D eigenvalue weighted by molar-refractivity contribution is -0.129. The fraction of sp³-hybridized carbons (Fsp3) is 0.720. The molecule has 7 heteroatoms. The second-order valence-corrected chi connectivity index (χ2v) is 12.4. The first-order valence-electron chi connectivity index (χ1n) is 12.3. The highest BCUT2D eigenvalue weighted by molar-refractivity contribution is 7.91. The van der Waals surface area contributed by atoms with E-state index >= 15 is 0 Å². The van der Waals surface area contributed by atoms with E-state index in [1.54, 1.807) is 6.07 Å². The maximum absolute atomic E-state index is 12.9. The van der Waals surface area contributed by atoms with Crippen molar-refractivity contribution in [2.24, 2.45) is 5.92 Å². The molecule has 1 aromatic carbocycles. The predicted octanol–water partition coefficient (Wildman–Crippen LogP) is 3.56. The molecule has 1 saturated carbocycles. The van der Waals surface area contributed by atoms with Gasteiger partial charge in [0.05, 0.1) is 0 Å². The molecule has 1 aromatic rings. The lowest BCUT2D eigenvalue weighted by Crippen LogP contribution is -2.48. The summed E-state index contributed by atoms with van der Waals surface area (Å²) in [7, 11) is -3.33. The minimum Gasteiger partial charge on any atom is -0.508 e. The van der Waals surface area contributed by atoms with E-state index in [2.05, 4.69) is 11.0 Å². The topological polar surface area (TPSA) is 77.9 Å². The number of fused-ring (bicyclic) bond motifs is 2. The molecule has 178 valence electrons. The Morgan fingerprint density at radius 3 is 2.41 bits per heavy atom. The van der Waals surface area contributed by atoms with Crippen molar-refractivity contribution in [3.63, 3.8) is 0 Å². The molecule has 0 spiro atoms. The number of amides is 1. The molecule has 6 nitrogen and oxygen atoms in total. The molecule has 2 aliphatic heterocycles. The third-order valence-corrected chi connectivity index (χ3v) is 8.57. The summed E-state index contributed by atoms with van der Waals surface area (Å²) < 4.78 is 23.6. The Balaban J connectivity index is 1.38. The summed E-state index contributed by atoms with van der Waals surface area (Å²) in [6, 6.07) is 8.67. The zero-order chi connectivity index (χ0) is 22.7. The Labute approximate surface area is 192 Å². The largest absolute Gasteiger partial charge is 0.508 e. The van der Waals surface area contributed by atoms with Gasteiger partial charge in [-0.25, -0.2) is 8.42 Å². The van der Waals surface area contributed by atoms with E-state index < -0.39 is 9.84 Å². The number of piperidine rings is 1. The van der Waals surface area contributed by atoms with Gasteiger partial charge in [0.1, 0.15) is 11.5 Å². The van der Waals surface area contributed by atoms with Crippen LogP contribution in [0.4, 0.5) is 0 Å². The molecule has 0 unspecified atom stereocenters. The summed E-state index contributed by atoms with van der Waals surface area (Å²) in [6.07, 6.45) is 11.7. The molecule has 3 atom stereocenters. The van der Waals surface area contributed by atoms with Crippen molar-refractivity contribution in [2.75, 3.05) is 31.6 Å². The molecule has 2 bridgehead atoms. The standard InChI is InChI=1S/C25H38N2O4S/c1-32(30,31)18-25(29)26(17-19-6-3-2-4-7-19)12-13-27-22-10-11-23(27)15-21(14-22)20-8-5-9-24(28)16-20/h5,8-9,16,19,21-23,28H,2-4,6-7,10-15,17-18H2,1H3/t21-,22+,23-. The summed E-state index contributed by atoms with van der Waals surface area (Å²) in [5.41, 5.74) is 1.23. The number of carbonyl (C=O) groups excluding carboxylic acids is 1. The maximum atomic E-state index is 12.9. The number of nitrogens with zero attached hydrogens (tertiary/aromatic N) is 2. The van der Waals surface area contributed by atoms with Gasteiger partial charge in [0, 0.05) is 38.0 Å². The molecular formula is C25H38N2O4S. The van der Waals surface area contributed by atoms with E-state index in [1.165, 1.54) is 37.7 Å². The van der Waals surface area contributed by atoms with Gasteiger partial charge >= 0.3 is 0 Å². The van der Waals surface area contributed by atoms with Gasteiger partial charge in [-0.3, -0.25) is 9.69 Å². The van der Waals surface area contributed by atoms with Crippen molar-refractivity contribution >= 4 is 15.7 Å². The van der Waals surface area contributed by atoms with Crippen molar-refractivity contribution in [1.29, 1.82) is 0 Å². The average Bonchev–Trinajstić information content (AvgIpc) is 2.97. The summed E-state index contributed by atoms with van der Waals surface area (Å²) in [4.78, 5) is 17.3. The van der Waals surface area contributed by atoms with Crippen LogP contribution in [0.15, 0.2) is 24.3 Å². The Morgan fingerprint density at radius 1 is 1.09 bits per heavy atom. The minimum absolute atomic E-state index is 0.236. The van der Waals surface area contributed by atoms with E-state index in [0.717, 1.165) is 38.5 Å². The molecule has 0 aromatic heterocycles. The Hall–Kier alpha value is -1.60. The van der Waals surface area contributed by atoms with Crippen molar-refractivity contribution in [3.05, 3.63) is 29.8 Å². The molecule has 0 radical (unpaired) electrons. The summed E-state index contributed by atoms with van der Waals surface area (Å²) in [5, 5.41) is 9.86. The molecule has 2 saturated heterocycles. The third-order valence-electron chi connectivity index (χ3n) is 7.80. The third kappa shape index (κ3) is 6.04. The van der Waals surface area contributed by atoms with E-state index in [4.69, 9.17) is 0 Å². The number of rotatable bonds is 8. The molecule has 2 heterocycles. The van der Waals surface area contributed by atoms with Gasteiger partial charge in [0.25, 0.3) is 0 Å². The highest BCUT2D eigenvalue weighted by Gasteiger charge is 2.41. The lowest BCUT2D eigenvalue weighted by Gasteiger charge is -2.40. The van der Waals surface area contributed by atoms with Gasteiger partial charge in [0.2, 0.25) is 5.91 Å². The number of sulfone groups is 1. The van der Waals surface area contributed by atoms with Gasteiger partial charge in [-0.1, -0.05) is 31.4 Å². The number of benzene rings is 1. The maximum Gasteiger partial charge on any atom is 0.237 e. The summed E-state index contributed by atoms with van der Waals surface area (Å²) in [5.74, 6) is 0.688. The second-order valence-electron chi connectivity index (χ2n) is 10.3. The monoisotopic (exact) mass is 462 g/mol. The molecule has 4 rings (SSSR count). The summed E-state index contributed by atoms with van der Waals surface area (Å²) >= 11 is 0. The minimum atomic E-state index is -3.33. The number of phenols is 1. The van der Waals surface area contributed by atoms with Crippen LogP contribution in [-0.4, -0.2) is 73.0 Å². The molecule has 1 N–H and O–H groups in total. The zero-order valence-electron chi connectivity index (χ0n) is 19.3. The highest BCUT2D eigenvalue weighted by Crippen LogP contribution is 2.43. The first-order chi connectivity index (χ1) is 15.3. The van der Waals surface area contributed by atoms with Gasteiger partial charge in [-0.2, -0.15) is 0 Å². The number of carbonyl (C=O) groups is 1. The Morgan fingerprint density at radius 2 is 1.78 bits per heavy atom. The van der Waals surface area contributed by atoms with Crippen LogP contribution in [0.5, 0.6) is 5.75 Å². The number of aromatic hydroxyl groups is 1. The van der Waals surface area contributed by atoms with Gasteiger partial charge in [-0.15, -0.1) is 0 Å². The lowest BCUT2D eigenvalue weighted by atomic mass is 9.85. The van der Waals surface area contributed by atoms with E-state index in [-0.39, 0.29) is 11.7 Å². The number of phenolic OH excluding ortho intramolecular Hbond substituents is 1. The second kappa shape index (κ2) is 10.1. The van der Waals surface area contributed by atoms with Crippen molar-refractivity contribution in [1.82, 2.24) is 9.80 Å². The first-order valence-corrected chi connectivity index (χ1v) is 14.3.